The van der Waals surface area contributed by atoms with Crippen molar-refractivity contribution in [1.29, 1.82) is 0 Å². The molecule has 0 aromatic heterocycles. The first-order chi connectivity index (χ1) is 18.5. The van der Waals surface area contributed by atoms with E-state index in [0.717, 1.165) is 50.5 Å². The van der Waals surface area contributed by atoms with Gasteiger partial charge in [0, 0.05) is 31.5 Å². The lowest BCUT2D eigenvalue weighted by Gasteiger charge is -2.48. The SMILES string of the molecule is CC(C)(C)CCC(C1=CC=C(C(=O)O)C2CC12)N1C(=O)C(N2CCC(F)(F)CC2)=NC12CCC(C(C)(C)C)CC2. The zero-order chi connectivity index (χ0) is 29.3. The molecule has 3 unspecified atom stereocenters. The number of halogens is 2. The largest absolute Gasteiger partial charge is 0.478 e. The van der Waals surface area contributed by atoms with Gasteiger partial charge in [0.2, 0.25) is 0 Å². The molecule has 3 fully saturated rings. The summed E-state index contributed by atoms with van der Waals surface area (Å²) in [6.45, 7) is 13.7. The molecule has 3 atom stereocenters. The number of fused-ring (bicyclic) bond motifs is 1. The van der Waals surface area contributed by atoms with Crippen LogP contribution in [-0.4, -0.2) is 63.3 Å². The lowest BCUT2D eigenvalue weighted by atomic mass is 9.69. The summed E-state index contributed by atoms with van der Waals surface area (Å²) in [6.07, 6.45) is 9.10. The molecule has 5 aliphatic rings. The summed E-state index contributed by atoms with van der Waals surface area (Å²) in [6, 6.07) is -0.188. The molecule has 8 heteroatoms. The van der Waals surface area contributed by atoms with Crippen LogP contribution in [0.15, 0.2) is 28.3 Å². The maximum Gasteiger partial charge on any atom is 0.331 e. The topological polar surface area (TPSA) is 73.2 Å². The van der Waals surface area contributed by atoms with E-state index in [9.17, 15) is 23.5 Å². The molecular formula is C32H47F2N3O3. The highest BCUT2D eigenvalue weighted by Crippen LogP contribution is 2.56. The van der Waals surface area contributed by atoms with Crippen LogP contribution < -0.4 is 0 Å². The Morgan fingerprint density at radius 1 is 1.05 bits per heavy atom. The van der Waals surface area contributed by atoms with Crippen LogP contribution >= 0.6 is 0 Å². The predicted octanol–water partition coefficient (Wildman–Crippen LogP) is 6.67. The minimum absolute atomic E-state index is 0.00429. The van der Waals surface area contributed by atoms with Crippen LogP contribution in [0.25, 0.3) is 0 Å². The number of nitrogens with zero attached hydrogens (tertiary/aromatic N) is 3. The van der Waals surface area contributed by atoms with Gasteiger partial charge in [0.15, 0.2) is 5.84 Å². The highest BCUT2D eigenvalue weighted by Gasteiger charge is 2.57. The first-order valence-electron chi connectivity index (χ1n) is 15.2. The minimum atomic E-state index is -2.70. The third-order valence-electron chi connectivity index (χ3n) is 10.2. The summed E-state index contributed by atoms with van der Waals surface area (Å²) in [5, 5.41) is 9.69. The number of piperidine rings is 1. The summed E-state index contributed by atoms with van der Waals surface area (Å²) in [5.41, 5.74) is 1.14. The van der Waals surface area contributed by atoms with Crippen LogP contribution in [0.3, 0.4) is 0 Å². The maximum absolute atomic E-state index is 14.4. The number of rotatable bonds is 5. The number of carboxylic acid groups (broad SMARTS) is 1. The van der Waals surface area contributed by atoms with Crippen molar-refractivity contribution >= 4 is 17.7 Å². The Labute approximate surface area is 238 Å². The zero-order valence-electron chi connectivity index (χ0n) is 25.1. The molecular weight excluding hydrogens is 512 g/mol. The molecule has 6 nitrogen and oxygen atoms in total. The van der Waals surface area contributed by atoms with E-state index >= 15 is 0 Å². The average molecular weight is 560 g/mol. The number of aliphatic imine (C=N–C) groups is 1. The first-order valence-corrected chi connectivity index (χ1v) is 15.2. The van der Waals surface area contributed by atoms with E-state index in [4.69, 9.17) is 4.99 Å². The van der Waals surface area contributed by atoms with Crippen LogP contribution in [0.1, 0.15) is 99.3 Å². The lowest BCUT2D eigenvalue weighted by Crippen LogP contribution is -2.56. The number of carbonyl (C=O) groups excluding carboxylic acids is 1. The van der Waals surface area contributed by atoms with E-state index in [-0.39, 0.29) is 60.5 Å². The predicted molar refractivity (Wildman–Crippen MR) is 152 cm³/mol. The van der Waals surface area contributed by atoms with Crippen molar-refractivity contribution in [1.82, 2.24) is 9.80 Å². The van der Waals surface area contributed by atoms with Crippen LogP contribution in [0.2, 0.25) is 0 Å². The van der Waals surface area contributed by atoms with Crippen molar-refractivity contribution in [3.05, 3.63) is 23.3 Å². The van der Waals surface area contributed by atoms with E-state index in [1.54, 1.807) is 11.0 Å². The van der Waals surface area contributed by atoms with E-state index in [1.165, 1.54) is 0 Å². The van der Waals surface area contributed by atoms with Gasteiger partial charge in [-0.05, 0) is 79.1 Å². The number of amides is 1. The zero-order valence-corrected chi connectivity index (χ0v) is 25.1. The molecule has 1 saturated heterocycles. The van der Waals surface area contributed by atoms with Gasteiger partial charge in [-0.25, -0.2) is 18.6 Å². The van der Waals surface area contributed by atoms with Gasteiger partial charge in [0.25, 0.3) is 11.8 Å². The minimum Gasteiger partial charge on any atom is -0.478 e. The Hall–Kier alpha value is -2.25. The number of carboxylic acids is 1. The molecule has 0 aromatic rings. The van der Waals surface area contributed by atoms with Gasteiger partial charge in [-0.15, -0.1) is 0 Å². The second kappa shape index (κ2) is 9.94. The normalized spacial score (nSPS) is 32.9. The Bertz CT molecular complexity index is 1130. The number of carbonyl (C=O) groups is 2. The molecule has 5 rings (SSSR count). The summed E-state index contributed by atoms with van der Waals surface area (Å²) >= 11 is 0. The summed E-state index contributed by atoms with van der Waals surface area (Å²) < 4.78 is 28.1. The standard InChI is InChI=1S/C32H47F2N3O3/c1-29(2,3)12-11-25(21-7-8-22(28(39)40)24-19-23(21)24)37-27(38)26(36-17-15-31(33,34)16-18-36)35-32(37)13-9-20(10-14-32)30(4,5)6/h7-8,20,23-25H,9-19H2,1-6H3,(H,39,40). The second-order valence-corrected chi connectivity index (χ2v) is 15.2. The van der Waals surface area contributed by atoms with E-state index < -0.39 is 17.6 Å². The molecule has 1 amide bonds. The Morgan fingerprint density at radius 3 is 2.23 bits per heavy atom. The number of likely N-dealkylation sites (tertiary alicyclic amines) is 1. The van der Waals surface area contributed by atoms with Crippen LogP contribution in [0.4, 0.5) is 8.78 Å². The first kappa shape index (κ1) is 29.2. The average Bonchev–Trinajstić information content (AvgIpc) is 3.60. The van der Waals surface area contributed by atoms with Gasteiger partial charge in [0.1, 0.15) is 5.66 Å². The molecule has 0 radical (unpaired) electrons. The summed E-state index contributed by atoms with van der Waals surface area (Å²) in [7, 11) is 0. The van der Waals surface area contributed by atoms with Gasteiger partial charge in [-0.2, -0.15) is 0 Å². The highest BCUT2D eigenvalue weighted by molar-refractivity contribution is 6.39. The molecule has 2 saturated carbocycles. The van der Waals surface area contributed by atoms with Gasteiger partial charge >= 0.3 is 5.97 Å². The summed E-state index contributed by atoms with van der Waals surface area (Å²) in [5.74, 6) is -2.67. The molecule has 0 aromatic carbocycles. The number of amidine groups is 1. The third kappa shape index (κ3) is 5.61. The molecule has 1 spiro atoms. The summed E-state index contributed by atoms with van der Waals surface area (Å²) in [4.78, 5) is 35.3. The molecule has 222 valence electrons. The smallest absolute Gasteiger partial charge is 0.331 e. The van der Waals surface area contributed by atoms with Crippen molar-refractivity contribution in [2.75, 3.05) is 13.1 Å². The Kier molecular flexibility index (Phi) is 7.27. The number of hydrogen-bond donors (Lipinski definition) is 1. The fourth-order valence-electron chi connectivity index (χ4n) is 7.52. The second-order valence-electron chi connectivity index (χ2n) is 15.2. The lowest BCUT2D eigenvalue weighted by molar-refractivity contribution is -0.134. The number of hydrogen-bond acceptors (Lipinski definition) is 4. The quantitative estimate of drug-likeness (QED) is 0.408. The van der Waals surface area contributed by atoms with E-state index in [2.05, 4.69) is 41.5 Å². The van der Waals surface area contributed by atoms with Crippen molar-refractivity contribution in [3.8, 4) is 0 Å². The fourth-order valence-corrected chi connectivity index (χ4v) is 7.52. The fraction of sp³-hybridized carbons (Fsp3) is 0.781. The van der Waals surface area contributed by atoms with Crippen LogP contribution in [0, 0.1) is 28.6 Å². The Balaban J connectivity index is 1.53. The van der Waals surface area contributed by atoms with Gasteiger partial charge in [-0.1, -0.05) is 53.7 Å². The highest BCUT2D eigenvalue weighted by atomic mass is 19.3. The third-order valence-corrected chi connectivity index (χ3v) is 10.2. The number of allylic oxidation sites excluding steroid dienone is 2. The van der Waals surface area contributed by atoms with E-state index in [0.29, 0.717) is 17.3 Å². The van der Waals surface area contributed by atoms with Crippen LogP contribution in [-0.2, 0) is 9.59 Å². The monoisotopic (exact) mass is 559 g/mol. The van der Waals surface area contributed by atoms with Crippen molar-refractivity contribution in [3.63, 3.8) is 0 Å². The molecule has 2 aliphatic heterocycles. The van der Waals surface area contributed by atoms with E-state index in [1.807, 2.05) is 11.0 Å². The number of aliphatic carboxylic acids is 1. The molecule has 2 heterocycles. The number of alkyl halides is 2. The van der Waals surface area contributed by atoms with Crippen molar-refractivity contribution in [2.45, 2.75) is 117 Å². The van der Waals surface area contributed by atoms with Crippen molar-refractivity contribution < 1.29 is 23.5 Å². The van der Waals surface area contributed by atoms with Gasteiger partial charge in [0.05, 0.1) is 6.04 Å². The molecule has 40 heavy (non-hydrogen) atoms. The van der Waals surface area contributed by atoms with Crippen LogP contribution in [0.5, 0.6) is 0 Å². The van der Waals surface area contributed by atoms with Crippen molar-refractivity contribution in [2.24, 2.45) is 33.6 Å². The van der Waals surface area contributed by atoms with Gasteiger partial charge < -0.3 is 14.9 Å². The molecule has 3 aliphatic carbocycles. The molecule has 1 N–H and O–H groups in total. The van der Waals surface area contributed by atoms with Gasteiger partial charge in [-0.3, -0.25) is 4.79 Å². The Morgan fingerprint density at radius 2 is 1.68 bits per heavy atom. The maximum atomic E-state index is 14.4. The molecule has 0 bridgehead atoms.